The molecule has 3 heteroatoms. The first-order valence-electron chi connectivity index (χ1n) is 12.2. The van der Waals surface area contributed by atoms with Crippen molar-refractivity contribution in [2.75, 3.05) is 0 Å². The van der Waals surface area contributed by atoms with E-state index in [1.54, 1.807) is 0 Å². The third kappa shape index (κ3) is 5.11. The van der Waals surface area contributed by atoms with Crippen LogP contribution < -0.4 is 0 Å². The fourth-order valence-electron chi connectivity index (χ4n) is 6.91. The van der Waals surface area contributed by atoms with Gasteiger partial charge in [0, 0.05) is 6.42 Å². The molecule has 3 N–H and O–H groups in total. The molecule has 3 fully saturated rings. The number of aliphatic hydroxyl groups is 3. The van der Waals surface area contributed by atoms with E-state index in [-0.39, 0.29) is 6.10 Å². The van der Waals surface area contributed by atoms with E-state index in [9.17, 15) is 15.3 Å². The van der Waals surface area contributed by atoms with Crippen molar-refractivity contribution in [1.29, 1.82) is 0 Å². The maximum atomic E-state index is 10.5. The molecule has 3 aliphatic carbocycles. The SMILES string of the molecule is C=C1/C(=C\C=C2CCC[C@@]3(C)C2CC[C@@H]3[C@H](C)C[C@@H](O)CC(C)C)C[C@@H](O)C[C@H]1O. The highest BCUT2D eigenvalue weighted by atomic mass is 16.3. The number of allylic oxidation sites excluding steroid dienone is 3. The van der Waals surface area contributed by atoms with Gasteiger partial charge in [0.2, 0.25) is 0 Å². The molecule has 3 aliphatic rings. The zero-order valence-electron chi connectivity index (χ0n) is 19.6. The predicted octanol–water partition coefficient (Wildman–Crippen LogP) is 5.56. The lowest BCUT2D eigenvalue weighted by molar-refractivity contribution is 0.0571. The van der Waals surface area contributed by atoms with Crippen molar-refractivity contribution >= 4 is 0 Å². The quantitative estimate of drug-likeness (QED) is 0.531. The second-order valence-corrected chi connectivity index (χ2v) is 11.2. The Kier molecular flexibility index (Phi) is 7.69. The Morgan fingerprint density at radius 2 is 1.87 bits per heavy atom. The summed E-state index contributed by atoms with van der Waals surface area (Å²) in [4.78, 5) is 0. The summed E-state index contributed by atoms with van der Waals surface area (Å²) in [6.45, 7) is 13.3. The van der Waals surface area contributed by atoms with Crippen LogP contribution in [-0.4, -0.2) is 33.6 Å². The fourth-order valence-corrected chi connectivity index (χ4v) is 6.91. The van der Waals surface area contributed by atoms with Crippen LogP contribution in [0.2, 0.25) is 0 Å². The molecule has 3 saturated carbocycles. The molecular weight excluding hydrogens is 372 g/mol. The Hall–Kier alpha value is -0.900. The third-order valence-corrected chi connectivity index (χ3v) is 8.38. The standard InChI is InChI=1S/C27H44O3/c1-17(2)13-22(28)14-18(3)24-10-11-25-20(7-6-12-27(24,25)5)8-9-21-15-23(29)16-26(30)19(21)4/h8-9,17-18,22-26,28-30H,4,6-7,10-16H2,1-3,5H3/b20-8?,21-9-/t18-,22+,23-,24-,25?,26-,27-/m1/s1. The first kappa shape index (κ1) is 23.8. The number of hydrogen-bond donors (Lipinski definition) is 3. The molecule has 0 spiro atoms. The average Bonchev–Trinajstić information content (AvgIpc) is 3.00. The minimum atomic E-state index is -0.621. The van der Waals surface area contributed by atoms with Crippen LogP contribution in [0, 0.1) is 29.1 Å². The van der Waals surface area contributed by atoms with Gasteiger partial charge in [-0.05, 0) is 91.6 Å². The Morgan fingerprint density at radius 1 is 1.13 bits per heavy atom. The number of fused-ring (bicyclic) bond motifs is 1. The van der Waals surface area contributed by atoms with Crippen molar-refractivity contribution in [3.05, 3.63) is 35.5 Å². The molecule has 0 bridgehead atoms. The van der Waals surface area contributed by atoms with Crippen molar-refractivity contribution in [3.63, 3.8) is 0 Å². The van der Waals surface area contributed by atoms with E-state index < -0.39 is 12.2 Å². The van der Waals surface area contributed by atoms with E-state index in [0.29, 0.717) is 41.9 Å². The Bertz CT molecular complexity index is 676. The first-order valence-corrected chi connectivity index (χ1v) is 12.2. The van der Waals surface area contributed by atoms with Crippen molar-refractivity contribution < 1.29 is 15.3 Å². The van der Waals surface area contributed by atoms with Gasteiger partial charge >= 0.3 is 0 Å². The second kappa shape index (κ2) is 9.71. The van der Waals surface area contributed by atoms with Crippen LogP contribution in [0.4, 0.5) is 0 Å². The molecule has 3 rings (SSSR count). The highest BCUT2D eigenvalue weighted by Gasteiger charge is 2.50. The maximum absolute atomic E-state index is 10.5. The van der Waals surface area contributed by atoms with Gasteiger partial charge in [-0.1, -0.05) is 52.0 Å². The molecule has 170 valence electrons. The Labute approximate surface area is 184 Å². The maximum Gasteiger partial charge on any atom is 0.0811 e. The molecule has 0 amide bonds. The number of aliphatic hydroxyl groups excluding tert-OH is 3. The van der Waals surface area contributed by atoms with Crippen molar-refractivity contribution in [2.45, 2.75) is 104 Å². The second-order valence-electron chi connectivity index (χ2n) is 11.2. The molecule has 0 aliphatic heterocycles. The molecule has 0 aromatic heterocycles. The van der Waals surface area contributed by atoms with Gasteiger partial charge in [-0.25, -0.2) is 0 Å². The summed E-state index contributed by atoms with van der Waals surface area (Å²) in [5.41, 5.74) is 3.63. The smallest absolute Gasteiger partial charge is 0.0811 e. The van der Waals surface area contributed by atoms with Gasteiger partial charge < -0.3 is 15.3 Å². The molecule has 1 unspecified atom stereocenters. The molecule has 0 heterocycles. The predicted molar refractivity (Wildman–Crippen MR) is 124 cm³/mol. The summed E-state index contributed by atoms with van der Waals surface area (Å²) < 4.78 is 0. The van der Waals surface area contributed by atoms with Gasteiger partial charge in [0.05, 0.1) is 18.3 Å². The van der Waals surface area contributed by atoms with Crippen LogP contribution in [0.15, 0.2) is 35.5 Å². The fraction of sp³-hybridized carbons (Fsp3) is 0.778. The summed E-state index contributed by atoms with van der Waals surface area (Å²) >= 11 is 0. The van der Waals surface area contributed by atoms with Crippen LogP contribution in [0.25, 0.3) is 0 Å². The molecule has 0 aromatic rings. The molecule has 0 radical (unpaired) electrons. The van der Waals surface area contributed by atoms with Crippen LogP contribution >= 0.6 is 0 Å². The molecule has 7 atom stereocenters. The van der Waals surface area contributed by atoms with E-state index in [4.69, 9.17) is 0 Å². The average molecular weight is 417 g/mol. The van der Waals surface area contributed by atoms with Crippen molar-refractivity contribution in [2.24, 2.45) is 29.1 Å². The summed E-state index contributed by atoms with van der Waals surface area (Å²) in [6.07, 6.45) is 12.1. The summed E-state index contributed by atoms with van der Waals surface area (Å²) in [5.74, 6) is 2.39. The van der Waals surface area contributed by atoms with Gasteiger partial charge in [-0.15, -0.1) is 0 Å². The molecular formula is C27H44O3. The highest BCUT2D eigenvalue weighted by Crippen LogP contribution is 2.60. The van der Waals surface area contributed by atoms with Crippen LogP contribution in [0.1, 0.15) is 85.5 Å². The third-order valence-electron chi connectivity index (χ3n) is 8.38. The number of rotatable bonds is 6. The summed E-state index contributed by atoms with van der Waals surface area (Å²) in [7, 11) is 0. The van der Waals surface area contributed by atoms with Gasteiger partial charge in [-0.2, -0.15) is 0 Å². The summed E-state index contributed by atoms with van der Waals surface area (Å²) in [5, 5.41) is 30.7. The lowest BCUT2D eigenvalue weighted by Crippen LogP contribution is -2.36. The molecule has 30 heavy (non-hydrogen) atoms. The Balaban J connectivity index is 1.73. The minimum absolute atomic E-state index is 0.179. The van der Waals surface area contributed by atoms with E-state index in [1.807, 2.05) is 0 Å². The topological polar surface area (TPSA) is 60.7 Å². The number of hydrogen-bond acceptors (Lipinski definition) is 3. The lowest BCUT2D eigenvalue weighted by Gasteiger charge is -2.44. The largest absolute Gasteiger partial charge is 0.393 e. The monoisotopic (exact) mass is 416 g/mol. The molecule has 3 nitrogen and oxygen atoms in total. The van der Waals surface area contributed by atoms with E-state index >= 15 is 0 Å². The van der Waals surface area contributed by atoms with E-state index in [0.717, 1.165) is 30.4 Å². The molecule has 0 aromatic carbocycles. The van der Waals surface area contributed by atoms with Crippen LogP contribution in [0.3, 0.4) is 0 Å². The van der Waals surface area contributed by atoms with Gasteiger partial charge in [-0.3, -0.25) is 0 Å². The lowest BCUT2D eigenvalue weighted by atomic mass is 9.60. The zero-order valence-corrected chi connectivity index (χ0v) is 19.6. The van der Waals surface area contributed by atoms with Crippen molar-refractivity contribution in [3.8, 4) is 0 Å². The van der Waals surface area contributed by atoms with E-state index in [2.05, 4.69) is 46.4 Å². The van der Waals surface area contributed by atoms with E-state index in [1.165, 1.54) is 31.3 Å². The van der Waals surface area contributed by atoms with Crippen LogP contribution in [-0.2, 0) is 0 Å². The first-order chi connectivity index (χ1) is 14.1. The molecule has 0 saturated heterocycles. The minimum Gasteiger partial charge on any atom is -0.393 e. The Morgan fingerprint density at radius 3 is 2.57 bits per heavy atom. The van der Waals surface area contributed by atoms with Crippen molar-refractivity contribution in [1.82, 2.24) is 0 Å². The van der Waals surface area contributed by atoms with Gasteiger partial charge in [0.1, 0.15) is 0 Å². The highest BCUT2D eigenvalue weighted by molar-refractivity contribution is 5.38. The van der Waals surface area contributed by atoms with Gasteiger partial charge in [0.15, 0.2) is 0 Å². The summed E-state index contributed by atoms with van der Waals surface area (Å²) in [6, 6.07) is 0. The van der Waals surface area contributed by atoms with Crippen LogP contribution in [0.5, 0.6) is 0 Å². The zero-order chi connectivity index (χ0) is 22.1. The van der Waals surface area contributed by atoms with Gasteiger partial charge in [0.25, 0.3) is 0 Å². The normalized spacial score (nSPS) is 39.5.